The fourth-order valence-electron chi connectivity index (χ4n) is 3.27. The van der Waals surface area contributed by atoms with Crippen LogP contribution in [0.25, 0.3) is 17.0 Å². The number of rotatable bonds is 10. The molecule has 0 radical (unpaired) electrons. The first-order valence-corrected chi connectivity index (χ1v) is 10.8. The molecule has 4 rings (SSSR count). The second-order valence-corrected chi connectivity index (χ2v) is 7.28. The summed E-state index contributed by atoms with van der Waals surface area (Å²) in [5, 5.41) is 18.1. The molecular weight excluding hydrogens is 452 g/mol. The molecule has 0 saturated carbocycles. The van der Waals surface area contributed by atoms with E-state index in [0.29, 0.717) is 34.4 Å². The maximum absolute atomic E-state index is 12.0. The topological polar surface area (TPSA) is 129 Å². The highest BCUT2D eigenvalue weighted by Gasteiger charge is 2.14. The van der Waals surface area contributed by atoms with E-state index in [1.165, 1.54) is 0 Å². The normalized spacial score (nSPS) is 10.6. The highest BCUT2D eigenvalue weighted by Crippen LogP contribution is 2.31. The Kier molecular flexibility index (Phi) is 7.36. The van der Waals surface area contributed by atoms with Gasteiger partial charge < -0.3 is 24.8 Å². The van der Waals surface area contributed by atoms with Crippen LogP contribution in [0.5, 0.6) is 17.4 Å². The lowest BCUT2D eigenvalue weighted by Crippen LogP contribution is -2.38. The molecule has 0 spiro atoms. The number of ether oxygens (including phenoxy) is 3. The third-order valence-corrected chi connectivity index (χ3v) is 5.00. The van der Waals surface area contributed by atoms with Crippen molar-refractivity contribution in [3.63, 3.8) is 0 Å². The lowest BCUT2D eigenvalue weighted by Gasteiger charge is -2.09. The van der Waals surface area contributed by atoms with Gasteiger partial charge in [-0.05, 0) is 36.4 Å². The minimum absolute atomic E-state index is 0.132. The van der Waals surface area contributed by atoms with E-state index < -0.39 is 0 Å². The van der Waals surface area contributed by atoms with Gasteiger partial charge in [-0.3, -0.25) is 9.59 Å². The van der Waals surface area contributed by atoms with E-state index in [9.17, 15) is 9.59 Å². The van der Waals surface area contributed by atoms with Gasteiger partial charge in [-0.1, -0.05) is 18.2 Å². The lowest BCUT2D eigenvalue weighted by atomic mass is 10.2. The van der Waals surface area contributed by atoms with E-state index in [-0.39, 0.29) is 31.5 Å². The lowest BCUT2D eigenvalue weighted by molar-refractivity contribution is -0.120. The zero-order valence-electron chi connectivity index (χ0n) is 19.2. The zero-order valence-corrected chi connectivity index (χ0v) is 19.2. The number of benzene rings is 2. The molecule has 4 aromatic rings. The van der Waals surface area contributed by atoms with E-state index in [4.69, 9.17) is 14.2 Å². The summed E-state index contributed by atoms with van der Waals surface area (Å²) in [7, 11) is 3.13. The molecule has 0 aliphatic carbocycles. The Morgan fingerprint density at radius 3 is 2.49 bits per heavy atom. The van der Waals surface area contributed by atoms with Gasteiger partial charge in [0.15, 0.2) is 23.0 Å². The van der Waals surface area contributed by atoms with Gasteiger partial charge in [0, 0.05) is 17.2 Å². The molecule has 0 saturated heterocycles. The Hall–Kier alpha value is -4.67. The number of methoxy groups -OCH3 is 2. The first-order chi connectivity index (χ1) is 17.1. The van der Waals surface area contributed by atoms with Gasteiger partial charge in [-0.25, -0.2) is 0 Å². The maximum Gasteiger partial charge on any atom is 0.251 e. The van der Waals surface area contributed by atoms with E-state index in [0.717, 1.165) is 5.56 Å². The number of amides is 2. The Balaban J connectivity index is 1.31. The summed E-state index contributed by atoms with van der Waals surface area (Å²) >= 11 is 0. The van der Waals surface area contributed by atoms with Crippen LogP contribution in [-0.2, 0) is 4.79 Å². The van der Waals surface area contributed by atoms with Crippen molar-refractivity contribution in [2.24, 2.45) is 0 Å². The van der Waals surface area contributed by atoms with Crippen molar-refractivity contribution in [2.45, 2.75) is 0 Å². The van der Waals surface area contributed by atoms with E-state index in [2.05, 4.69) is 25.9 Å². The predicted molar refractivity (Wildman–Crippen MR) is 127 cm³/mol. The smallest absolute Gasteiger partial charge is 0.251 e. The third kappa shape index (κ3) is 5.64. The molecule has 0 unspecified atom stereocenters. The molecule has 0 aliphatic heterocycles. The van der Waals surface area contributed by atoms with Gasteiger partial charge in [-0.2, -0.15) is 4.52 Å². The Morgan fingerprint density at radius 2 is 1.71 bits per heavy atom. The minimum atomic E-state index is -0.323. The average molecular weight is 476 g/mol. The summed E-state index contributed by atoms with van der Waals surface area (Å²) in [6.07, 6.45) is 0. The zero-order chi connectivity index (χ0) is 24.6. The maximum atomic E-state index is 12.0. The second-order valence-electron chi connectivity index (χ2n) is 7.28. The molecule has 2 N–H and O–H groups in total. The van der Waals surface area contributed by atoms with Crippen molar-refractivity contribution in [3.05, 3.63) is 66.2 Å². The van der Waals surface area contributed by atoms with Gasteiger partial charge in [0.25, 0.3) is 5.91 Å². The standard InChI is InChI=1S/C24H24N6O5/c1-33-18-9-8-17(14-19(18)34-2)23-28-27-20-10-11-22(29-30(20)23)35-13-12-25-21(31)15-26-24(32)16-6-4-3-5-7-16/h3-11,14H,12-13,15H2,1-2H3,(H,25,31)(H,26,32). The van der Waals surface area contributed by atoms with Crippen molar-refractivity contribution in [1.82, 2.24) is 30.4 Å². The molecule has 0 atom stereocenters. The fourth-order valence-corrected chi connectivity index (χ4v) is 3.27. The van der Waals surface area contributed by atoms with Crippen molar-refractivity contribution < 1.29 is 23.8 Å². The Morgan fingerprint density at radius 1 is 0.914 bits per heavy atom. The number of hydrogen-bond donors (Lipinski definition) is 2. The van der Waals surface area contributed by atoms with Crippen LogP contribution < -0.4 is 24.8 Å². The highest BCUT2D eigenvalue weighted by atomic mass is 16.5. The fraction of sp³-hybridized carbons (Fsp3) is 0.208. The largest absolute Gasteiger partial charge is 0.493 e. The molecule has 2 amide bonds. The number of nitrogens with zero attached hydrogens (tertiary/aromatic N) is 4. The van der Waals surface area contributed by atoms with Crippen molar-refractivity contribution in [2.75, 3.05) is 33.9 Å². The van der Waals surface area contributed by atoms with Gasteiger partial charge in [-0.15, -0.1) is 15.3 Å². The molecule has 2 aromatic heterocycles. The third-order valence-electron chi connectivity index (χ3n) is 5.00. The number of fused-ring (bicyclic) bond motifs is 1. The van der Waals surface area contributed by atoms with Gasteiger partial charge in [0.1, 0.15) is 6.61 Å². The highest BCUT2D eigenvalue weighted by molar-refractivity contribution is 5.96. The Bertz CT molecular complexity index is 1320. The second kappa shape index (κ2) is 11.0. The first kappa shape index (κ1) is 23.5. The molecule has 11 heteroatoms. The average Bonchev–Trinajstić information content (AvgIpc) is 3.33. The summed E-state index contributed by atoms with van der Waals surface area (Å²) in [6, 6.07) is 17.5. The van der Waals surface area contributed by atoms with Crippen LogP contribution in [0.2, 0.25) is 0 Å². The van der Waals surface area contributed by atoms with Crippen LogP contribution in [0.3, 0.4) is 0 Å². The van der Waals surface area contributed by atoms with Crippen LogP contribution in [0.4, 0.5) is 0 Å². The molecule has 11 nitrogen and oxygen atoms in total. The van der Waals surface area contributed by atoms with E-state index in [1.807, 2.05) is 12.1 Å². The molecule has 2 aromatic carbocycles. The molecule has 2 heterocycles. The van der Waals surface area contributed by atoms with E-state index >= 15 is 0 Å². The van der Waals surface area contributed by atoms with Crippen LogP contribution in [0.1, 0.15) is 10.4 Å². The molecule has 180 valence electrons. The van der Waals surface area contributed by atoms with Crippen molar-refractivity contribution in [1.29, 1.82) is 0 Å². The van der Waals surface area contributed by atoms with Crippen LogP contribution >= 0.6 is 0 Å². The van der Waals surface area contributed by atoms with E-state index in [1.54, 1.807) is 67.3 Å². The van der Waals surface area contributed by atoms with Crippen molar-refractivity contribution in [3.8, 4) is 28.8 Å². The molecule has 0 bridgehead atoms. The van der Waals surface area contributed by atoms with Crippen LogP contribution in [-0.4, -0.2) is 65.5 Å². The molecule has 35 heavy (non-hydrogen) atoms. The summed E-state index contributed by atoms with van der Waals surface area (Å²) in [6.45, 7) is 0.294. The first-order valence-electron chi connectivity index (χ1n) is 10.8. The monoisotopic (exact) mass is 476 g/mol. The quantitative estimate of drug-likeness (QED) is 0.331. The predicted octanol–water partition coefficient (Wildman–Crippen LogP) is 1.73. The van der Waals surface area contributed by atoms with Gasteiger partial charge in [0.05, 0.1) is 27.3 Å². The summed E-state index contributed by atoms with van der Waals surface area (Å²) in [5.41, 5.74) is 1.78. The molecule has 0 aliphatic rings. The Labute approximate surface area is 201 Å². The number of aromatic nitrogens is 4. The van der Waals surface area contributed by atoms with Gasteiger partial charge >= 0.3 is 0 Å². The number of carbonyl (C=O) groups excluding carboxylic acids is 2. The van der Waals surface area contributed by atoms with Crippen LogP contribution in [0, 0.1) is 0 Å². The van der Waals surface area contributed by atoms with Crippen molar-refractivity contribution >= 4 is 17.5 Å². The molecular formula is C24H24N6O5. The van der Waals surface area contributed by atoms with Gasteiger partial charge in [0.2, 0.25) is 11.8 Å². The van der Waals surface area contributed by atoms with Crippen LogP contribution in [0.15, 0.2) is 60.7 Å². The number of carbonyl (C=O) groups is 2. The minimum Gasteiger partial charge on any atom is -0.493 e. The number of hydrogen-bond acceptors (Lipinski definition) is 8. The molecule has 0 fully saturated rings. The summed E-state index contributed by atoms with van der Waals surface area (Å²) in [4.78, 5) is 24.0. The number of nitrogens with one attached hydrogen (secondary N) is 2. The summed E-state index contributed by atoms with van der Waals surface area (Å²) < 4.78 is 17.9. The SMILES string of the molecule is COc1ccc(-c2nnc3ccc(OCCNC(=O)CNC(=O)c4ccccc4)nn23)cc1OC. The summed E-state index contributed by atoms with van der Waals surface area (Å²) in [5.74, 6) is 1.37.